The molecule has 2 N–H and O–H groups in total. The average molecular weight is 602 g/mol. The van der Waals surface area contributed by atoms with Crippen LogP contribution in [0.3, 0.4) is 0 Å². The summed E-state index contributed by atoms with van der Waals surface area (Å²) in [4.78, 5) is 28.6. The zero-order valence-corrected chi connectivity index (χ0v) is 26.4. The van der Waals surface area contributed by atoms with Crippen LogP contribution in [0, 0.1) is 30.4 Å². The van der Waals surface area contributed by atoms with E-state index in [2.05, 4.69) is 35.5 Å². The maximum Gasteiger partial charge on any atom is 0.253 e. The Bertz CT molecular complexity index is 1430. The molecule has 7 heteroatoms. The van der Waals surface area contributed by atoms with E-state index in [1.54, 1.807) is 18.2 Å². The van der Waals surface area contributed by atoms with Crippen LogP contribution in [0.5, 0.6) is 0 Å². The Labute approximate surface area is 261 Å². The molecule has 0 bridgehead atoms. The van der Waals surface area contributed by atoms with Crippen molar-refractivity contribution in [2.75, 3.05) is 19.6 Å². The molecule has 234 valence electrons. The van der Waals surface area contributed by atoms with E-state index in [0.717, 1.165) is 48.4 Å². The molecule has 3 rings (SSSR count). The number of hydrogen-bond acceptors (Lipinski definition) is 3. The second kappa shape index (κ2) is 17.9. The lowest BCUT2D eigenvalue weighted by Crippen LogP contribution is -2.39. The molecule has 0 saturated heterocycles. The summed E-state index contributed by atoms with van der Waals surface area (Å²) in [6, 6.07) is 16.3. The van der Waals surface area contributed by atoms with Crippen molar-refractivity contribution in [3.63, 3.8) is 0 Å². The van der Waals surface area contributed by atoms with Gasteiger partial charge in [-0.05, 0) is 105 Å². The van der Waals surface area contributed by atoms with Crippen molar-refractivity contribution in [3.05, 3.63) is 106 Å². The molecule has 5 nitrogen and oxygen atoms in total. The second-order valence-electron chi connectivity index (χ2n) is 11.2. The monoisotopic (exact) mass is 601 g/mol. The second-order valence-corrected chi connectivity index (χ2v) is 11.2. The van der Waals surface area contributed by atoms with Crippen LogP contribution in [-0.4, -0.2) is 42.4 Å². The van der Waals surface area contributed by atoms with E-state index >= 15 is 0 Å². The van der Waals surface area contributed by atoms with Crippen LogP contribution in [0.1, 0.15) is 95.8 Å². The highest BCUT2D eigenvalue weighted by Gasteiger charge is 2.20. The smallest absolute Gasteiger partial charge is 0.253 e. The van der Waals surface area contributed by atoms with Crippen molar-refractivity contribution in [2.24, 2.45) is 0 Å². The van der Waals surface area contributed by atoms with Crippen molar-refractivity contribution < 1.29 is 18.4 Å². The number of halogens is 2. The van der Waals surface area contributed by atoms with Gasteiger partial charge >= 0.3 is 0 Å². The Kier molecular flexibility index (Phi) is 14.1. The summed E-state index contributed by atoms with van der Waals surface area (Å²) in [5, 5.41) is 6.48. The Morgan fingerprint density at radius 3 is 2.25 bits per heavy atom. The van der Waals surface area contributed by atoms with Gasteiger partial charge in [-0.1, -0.05) is 44.7 Å². The molecule has 0 saturated carbocycles. The minimum atomic E-state index is -0.657. The Morgan fingerprint density at radius 2 is 1.57 bits per heavy atom. The first kappa shape index (κ1) is 34.5. The molecule has 1 atom stereocenters. The molecule has 0 radical (unpaired) electrons. The van der Waals surface area contributed by atoms with Gasteiger partial charge < -0.3 is 15.5 Å². The Morgan fingerprint density at radius 1 is 0.864 bits per heavy atom. The van der Waals surface area contributed by atoms with Crippen LogP contribution < -0.4 is 10.6 Å². The lowest BCUT2D eigenvalue weighted by atomic mass is 10.0. The largest absolute Gasteiger partial charge is 0.349 e. The van der Waals surface area contributed by atoms with Gasteiger partial charge in [0.2, 0.25) is 0 Å². The van der Waals surface area contributed by atoms with Gasteiger partial charge in [-0.3, -0.25) is 9.59 Å². The van der Waals surface area contributed by atoms with Crippen molar-refractivity contribution in [1.82, 2.24) is 15.5 Å². The highest BCUT2D eigenvalue weighted by Crippen LogP contribution is 2.16. The van der Waals surface area contributed by atoms with Crippen LogP contribution in [0.4, 0.5) is 8.78 Å². The number of nitrogens with zero attached hydrogens (tertiary/aromatic N) is 1. The van der Waals surface area contributed by atoms with Gasteiger partial charge in [-0.15, -0.1) is 0 Å². The van der Waals surface area contributed by atoms with Gasteiger partial charge in [-0.25, -0.2) is 8.78 Å². The third-order valence-corrected chi connectivity index (χ3v) is 7.13. The molecular formula is C37H45F2N3O2. The maximum atomic E-state index is 14.0. The number of hydrogen-bond donors (Lipinski definition) is 2. The molecule has 0 aromatic heterocycles. The average Bonchev–Trinajstić information content (AvgIpc) is 2.98. The lowest BCUT2D eigenvalue weighted by molar-refractivity contribution is 0.0755. The number of rotatable bonds is 15. The lowest BCUT2D eigenvalue weighted by Gasteiger charge is -2.23. The molecule has 0 aliphatic carbocycles. The van der Waals surface area contributed by atoms with Crippen molar-refractivity contribution >= 4 is 11.8 Å². The first-order chi connectivity index (χ1) is 21.2. The van der Waals surface area contributed by atoms with Crippen molar-refractivity contribution in [2.45, 2.75) is 78.8 Å². The fraction of sp³-hybridized carbons (Fsp3) is 0.405. The summed E-state index contributed by atoms with van der Waals surface area (Å²) >= 11 is 0. The van der Waals surface area contributed by atoms with Crippen LogP contribution in [-0.2, 0) is 13.0 Å². The molecule has 2 amide bonds. The normalized spacial score (nSPS) is 11.4. The zero-order valence-electron chi connectivity index (χ0n) is 26.4. The third-order valence-electron chi connectivity index (χ3n) is 7.13. The number of aryl methyl sites for hydroxylation is 1. The van der Waals surface area contributed by atoms with Crippen LogP contribution >= 0.6 is 0 Å². The predicted octanol–water partition coefficient (Wildman–Crippen LogP) is 7.21. The molecule has 0 aliphatic heterocycles. The topological polar surface area (TPSA) is 61.4 Å². The van der Waals surface area contributed by atoms with Gasteiger partial charge in [0.1, 0.15) is 11.6 Å². The van der Waals surface area contributed by atoms with Gasteiger partial charge in [0.15, 0.2) is 0 Å². The summed E-state index contributed by atoms with van der Waals surface area (Å²) in [5.41, 5.74) is 4.19. The third kappa shape index (κ3) is 11.2. The molecule has 0 aliphatic rings. The van der Waals surface area contributed by atoms with Crippen LogP contribution in [0.25, 0.3) is 0 Å². The summed E-state index contributed by atoms with van der Waals surface area (Å²) in [7, 11) is 0. The van der Waals surface area contributed by atoms with E-state index in [1.165, 1.54) is 12.1 Å². The summed E-state index contributed by atoms with van der Waals surface area (Å²) in [6.45, 7) is 10.5. The fourth-order valence-corrected chi connectivity index (χ4v) is 5.14. The first-order valence-corrected chi connectivity index (χ1v) is 15.7. The Hall–Kier alpha value is -4.02. The molecule has 0 fully saturated rings. The standard InChI is InChI=1S/C37H45F2N3O2/c1-5-8-9-11-28-12-10-13-29(20-28)26-40-15-14-35(23-30-21-33(38)25-34(39)22-30)41-36(43)31-18-27(4)19-32(24-31)37(44)42(16-6-2)17-7-3/h10,12-13,18-22,24-25,35,40H,5-8,14-17,23,26H2,1-4H3,(H,41,43)/t35-/m0/s1. The van der Waals surface area contributed by atoms with Crippen LogP contribution in [0.15, 0.2) is 60.7 Å². The highest BCUT2D eigenvalue weighted by molar-refractivity contribution is 6.00. The number of carbonyl (C=O) groups excluding carboxylic acids is 2. The first-order valence-electron chi connectivity index (χ1n) is 15.7. The molecular weight excluding hydrogens is 556 g/mol. The minimum absolute atomic E-state index is 0.0946. The van der Waals surface area contributed by atoms with E-state index in [1.807, 2.05) is 43.9 Å². The molecule has 0 heterocycles. The molecule has 0 unspecified atom stereocenters. The summed E-state index contributed by atoms with van der Waals surface area (Å²) in [6.07, 6.45) is 4.36. The summed E-state index contributed by atoms with van der Waals surface area (Å²) < 4.78 is 28.0. The quantitative estimate of drug-likeness (QED) is 0.143. The number of benzene rings is 3. The molecule has 3 aromatic rings. The number of amides is 2. The van der Waals surface area contributed by atoms with Gasteiger partial charge in [-0.2, -0.15) is 0 Å². The number of carbonyl (C=O) groups is 2. The van der Waals surface area contributed by atoms with Gasteiger partial charge in [0.05, 0.1) is 0 Å². The van der Waals surface area contributed by atoms with E-state index in [-0.39, 0.29) is 18.2 Å². The van der Waals surface area contributed by atoms with E-state index in [9.17, 15) is 18.4 Å². The van der Waals surface area contributed by atoms with Crippen LogP contribution in [0.2, 0.25) is 0 Å². The number of unbranched alkanes of at least 4 members (excludes halogenated alkanes) is 1. The molecule has 3 aromatic carbocycles. The summed E-state index contributed by atoms with van der Waals surface area (Å²) in [5.74, 6) is 4.62. The highest BCUT2D eigenvalue weighted by atomic mass is 19.1. The number of nitrogens with one attached hydrogen (secondary N) is 2. The van der Waals surface area contributed by atoms with E-state index in [4.69, 9.17) is 0 Å². The van der Waals surface area contributed by atoms with E-state index in [0.29, 0.717) is 49.3 Å². The zero-order chi connectivity index (χ0) is 31.9. The van der Waals surface area contributed by atoms with Gasteiger partial charge in [0.25, 0.3) is 11.8 Å². The minimum Gasteiger partial charge on any atom is -0.349 e. The van der Waals surface area contributed by atoms with Crippen molar-refractivity contribution in [3.8, 4) is 11.8 Å². The maximum absolute atomic E-state index is 14.0. The van der Waals surface area contributed by atoms with Gasteiger partial charge in [0, 0.05) is 54.9 Å². The Balaban J connectivity index is 1.73. The van der Waals surface area contributed by atoms with E-state index < -0.39 is 17.7 Å². The van der Waals surface area contributed by atoms with Crippen molar-refractivity contribution in [1.29, 1.82) is 0 Å². The fourth-order valence-electron chi connectivity index (χ4n) is 5.14. The molecule has 0 spiro atoms. The molecule has 44 heavy (non-hydrogen) atoms. The predicted molar refractivity (Wildman–Crippen MR) is 174 cm³/mol. The SMILES string of the molecule is CCCC#Cc1cccc(CNCC[C@@H](Cc2cc(F)cc(F)c2)NC(=O)c2cc(C)cc(C(=O)N(CCC)CCC)c2)c1.